The molecule has 3 rings (SSSR count). The Hall–Kier alpha value is -2.79. The van der Waals surface area contributed by atoms with Crippen LogP contribution in [0.2, 0.25) is 0 Å². The van der Waals surface area contributed by atoms with Crippen LogP contribution in [0.3, 0.4) is 0 Å². The van der Waals surface area contributed by atoms with Gasteiger partial charge in [-0.25, -0.2) is 9.18 Å². The number of rotatable bonds is 6. The number of halogens is 1. The summed E-state index contributed by atoms with van der Waals surface area (Å²) in [6.07, 6.45) is 0.479. The Morgan fingerprint density at radius 1 is 0.920 bits per heavy atom. The Labute approximate surface area is 148 Å². The van der Waals surface area contributed by atoms with Crippen molar-refractivity contribution < 1.29 is 18.7 Å². The number of carbonyl (C=O) groups is 2. The highest BCUT2D eigenvalue weighted by Gasteiger charge is 2.19. The smallest absolute Gasteiger partial charge is 0.338 e. The van der Waals surface area contributed by atoms with E-state index >= 15 is 0 Å². The molecule has 2 aromatic carbocycles. The Balaban J connectivity index is 1.68. The van der Waals surface area contributed by atoms with Crippen molar-refractivity contribution in [3.05, 3.63) is 93.4 Å². The number of ketones is 1. The van der Waals surface area contributed by atoms with Crippen LogP contribution in [0.25, 0.3) is 0 Å². The Morgan fingerprint density at radius 2 is 1.64 bits per heavy atom. The molecule has 0 fully saturated rings. The van der Waals surface area contributed by atoms with Crippen LogP contribution in [-0.2, 0) is 11.2 Å². The minimum Gasteiger partial charge on any atom is -0.462 e. The molecule has 1 aromatic heterocycles. The van der Waals surface area contributed by atoms with E-state index in [9.17, 15) is 14.0 Å². The fourth-order valence-corrected chi connectivity index (χ4v) is 3.07. The van der Waals surface area contributed by atoms with E-state index in [0.29, 0.717) is 16.9 Å². The summed E-state index contributed by atoms with van der Waals surface area (Å²) in [6, 6.07) is 16.2. The summed E-state index contributed by atoms with van der Waals surface area (Å²) < 4.78 is 18.2. The quantitative estimate of drug-likeness (QED) is 0.483. The zero-order valence-corrected chi connectivity index (χ0v) is 14.1. The normalized spacial score (nSPS) is 10.4. The van der Waals surface area contributed by atoms with Gasteiger partial charge in [0.15, 0.2) is 0 Å². The summed E-state index contributed by atoms with van der Waals surface area (Å²) in [5, 5.41) is 1.82. The van der Waals surface area contributed by atoms with Gasteiger partial charge in [0, 0.05) is 12.0 Å². The zero-order valence-electron chi connectivity index (χ0n) is 13.3. The number of carbonyl (C=O) groups excluding carboxylic acids is 2. The van der Waals surface area contributed by atoms with Crippen molar-refractivity contribution in [3.8, 4) is 0 Å². The van der Waals surface area contributed by atoms with E-state index < -0.39 is 5.97 Å². The van der Waals surface area contributed by atoms with Gasteiger partial charge in [-0.05, 0) is 35.2 Å². The fourth-order valence-electron chi connectivity index (χ4n) is 2.39. The number of hydrogen-bond donors (Lipinski definition) is 0. The van der Waals surface area contributed by atoms with Crippen LogP contribution < -0.4 is 0 Å². The molecule has 0 unspecified atom stereocenters. The summed E-state index contributed by atoms with van der Waals surface area (Å²) >= 11 is 1.33. The largest absolute Gasteiger partial charge is 0.462 e. The van der Waals surface area contributed by atoms with E-state index in [2.05, 4.69) is 0 Å². The molecule has 1 heterocycles. The van der Waals surface area contributed by atoms with Crippen molar-refractivity contribution in [3.63, 3.8) is 0 Å². The van der Waals surface area contributed by atoms with Gasteiger partial charge in [0.1, 0.15) is 5.82 Å². The molecule has 5 heteroatoms. The molecule has 0 atom stereocenters. The van der Waals surface area contributed by atoms with Gasteiger partial charge in [-0.15, -0.1) is 11.3 Å². The number of hydrogen-bond acceptors (Lipinski definition) is 4. The number of esters is 1. The molecule has 0 bridgehead atoms. The Morgan fingerprint density at radius 3 is 2.32 bits per heavy atom. The Bertz CT molecular complexity index is 870. The van der Waals surface area contributed by atoms with Gasteiger partial charge >= 0.3 is 5.97 Å². The average molecular weight is 354 g/mol. The average Bonchev–Trinajstić information content (AvgIpc) is 3.17. The van der Waals surface area contributed by atoms with Gasteiger partial charge in [0.2, 0.25) is 5.78 Å². The second kappa shape index (κ2) is 7.85. The Kier molecular flexibility index (Phi) is 5.36. The molecule has 3 aromatic rings. The molecule has 0 aliphatic rings. The standard InChI is InChI=1S/C20H15FO3S/c21-15-9-7-14(8-10-15)11-12-24-20(23)17-5-2-1-4-16(17)19(22)18-6-3-13-25-18/h1-10,13H,11-12H2. The molecular formula is C20H15FO3S. The van der Waals surface area contributed by atoms with Gasteiger partial charge in [0.25, 0.3) is 0 Å². The van der Waals surface area contributed by atoms with Crippen molar-refractivity contribution in [1.29, 1.82) is 0 Å². The lowest BCUT2D eigenvalue weighted by atomic mass is 10.0. The van der Waals surface area contributed by atoms with Crippen molar-refractivity contribution in [2.45, 2.75) is 6.42 Å². The third kappa shape index (κ3) is 4.19. The molecule has 126 valence electrons. The van der Waals surface area contributed by atoms with Crippen LogP contribution in [0.15, 0.2) is 66.0 Å². The van der Waals surface area contributed by atoms with E-state index in [-0.39, 0.29) is 23.8 Å². The van der Waals surface area contributed by atoms with Crippen molar-refractivity contribution in [2.24, 2.45) is 0 Å². The molecule has 0 aliphatic heterocycles. The number of ether oxygens (including phenoxy) is 1. The molecular weight excluding hydrogens is 339 g/mol. The maximum absolute atomic E-state index is 12.9. The van der Waals surface area contributed by atoms with Gasteiger partial charge in [0.05, 0.1) is 17.0 Å². The van der Waals surface area contributed by atoms with Crippen LogP contribution in [0.4, 0.5) is 4.39 Å². The second-order valence-corrected chi connectivity index (χ2v) is 6.31. The first-order valence-corrected chi connectivity index (χ1v) is 8.62. The molecule has 0 spiro atoms. The summed E-state index contributed by atoms with van der Waals surface area (Å²) in [4.78, 5) is 25.5. The highest BCUT2D eigenvalue weighted by Crippen LogP contribution is 2.19. The first kappa shape index (κ1) is 17.0. The molecule has 25 heavy (non-hydrogen) atoms. The predicted octanol–water partition coefficient (Wildman–Crippen LogP) is 4.52. The minimum absolute atomic E-state index is 0.159. The SMILES string of the molecule is O=C(OCCc1ccc(F)cc1)c1ccccc1C(=O)c1cccs1. The van der Waals surface area contributed by atoms with Crippen LogP contribution in [0, 0.1) is 5.82 Å². The lowest BCUT2D eigenvalue weighted by Gasteiger charge is -2.08. The molecule has 0 radical (unpaired) electrons. The second-order valence-electron chi connectivity index (χ2n) is 5.36. The number of benzene rings is 2. The molecule has 0 saturated heterocycles. The summed E-state index contributed by atoms with van der Waals surface area (Å²) in [5.74, 6) is -1.04. The maximum Gasteiger partial charge on any atom is 0.338 e. The molecule has 0 saturated carbocycles. The van der Waals surface area contributed by atoms with Crippen LogP contribution in [0.1, 0.15) is 31.2 Å². The topological polar surface area (TPSA) is 43.4 Å². The highest BCUT2D eigenvalue weighted by atomic mass is 32.1. The van der Waals surface area contributed by atoms with E-state index in [1.165, 1.54) is 23.5 Å². The van der Waals surface area contributed by atoms with E-state index in [1.54, 1.807) is 48.5 Å². The molecule has 0 amide bonds. The first-order valence-electron chi connectivity index (χ1n) is 7.74. The third-order valence-corrected chi connectivity index (χ3v) is 4.54. The lowest BCUT2D eigenvalue weighted by molar-refractivity contribution is 0.0506. The van der Waals surface area contributed by atoms with Crippen LogP contribution in [-0.4, -0.2) is 18.4 Å². The highest BCUT2D eigenvalue weighted by molar-refractivity contribution is 7.12. The fraction of sp³-hybridized carbons (Fsp3) is 0.100. The monoisotopic (exact) mass is 354 g/mol. The van der Waals surface area contributed by atoms with Gasteiger partial charge in [-0.3, -0.25) is 4.79 Å². The van der Waals surface area contributed by atoms with Crippen molar-refractivity contribution >= 4 is 23.1 Å². The molecule has 0 N–H and O–H groups in total. The molecule has 3 nitrogen and oxygen atoms in total. The predicted molar refractivity (Wildman–Crippen MR) is 94.6 cm³/mol. The zero-order chi connectivity index (χ0) is 17.6. The minimum atomic E-state index is -0.539. The van der Waals surface area contributed by atoms with Gasteiger partial charge in [-0.1, -0.05) is 36.4 Å². The molecule has 0 aliphatic carbocycles. The van der Waals surface area contributed by atoms with Crippen molar-refractivity contribution in [2.75, 3.05) is 6.61 Å². The maximum atomic E-state index is 12.9. The van der Waals surface area contributed by atoms with E-state index in [0.717, 1.165) is 5.56 Å². The van der Waals surface area contributed by atoms with Gasteiger partial charge < -0.3 is 4.74 Å². The first-order chi connectivity index (χ1) is 12.1. The van der Waals surface area contributed by atoms with Crippen LogP contribution in [0.5, 0.6) is 0 Å². The van der Waals surface area contributed by atoms with E-state index in [4.69, 9.17) is 4.74 Å². The third-order valence-electron chi connectivity index (χ3n) is 3.67. The van der Waals surface area contributed by atoms with E-state index in [1.807, 2.05) is 5.38 Å². The summed E-state index contributed by atoms with van der Waals surface area (Å²) in [7, 11) is 0. The van der Waals surface area contributed by atoms with Gasteiger partial charge in [-0.2, -0.15) is 0 Å². The summed E-state index contributed by atoms with van der Waals surface area (Å²) in [6.45, 7) is 0.159. The summed E-state index contributed by atoms with van der Waals surface area (Å²) in [5.41, 5.74) is 1.45. The lowest BCUT2D eigenvalue weighted by Crippen LogP contribution is -2.13. The van der Waals surface area contributed by atoms with Crippen LogP contribution >= 0.6 is 11.3 Å². The van der Waals surface area contributed by atoms with Crippen molar-refractivity contribution in [1.82, 2.24) is 0 Å². The number of thiophene rings is 1.